The molecule has 116 valence electrons. The number of rotatable bonds is 6. The van der Waals surface area contributed by atoms with E-state index in [0.29, 0.717) is 19.5 Å². The van der Waals surface area contributed by atoms with Crippen LogP contribution in [0.4, 0.5) is 4.39 Å². The Balaban J connectivity index is 2.06. The van der Waals surface area contributed by atoms with Gasteiger partial charge in [-0.15, -0.1) is 0 Å². The van der Waals surface area contributed by atoms with Crippen molar-refractivity contribution in [2.75, 3.05) is 20.1 Å². The van der Waals surface area contributed by atoms with Crippen LogP contribution in [0.5, 0.6) is 0 Å². The molecule has 3 nitrogen and oxygen atoms in total. The summed E-state index contributed by atoms with van der Waals surface area (Å²) in [4.78, 5) is 11.9. The number of benzene rings is 1. The molecule has 4 heteroatoms. The van der Waals surface area contributed by atoms with Gasteiger partial charge in [-0.2, -0.15) is 0 Å². The number of hydrogen-bond donors (Lipinski definition) is 2. The third kappa shape index (κ3) is 4.27. The lowest BCUT2D eigenvalue weighted by Crippen LogP contribution is -2.42. The minimum atomic E-state index is -0.206. The van der Waals surface area contributed by atoms with Gasteiger partial charge in [0.1, 0.15) is 5.82 Å². The van der Waals surface area contributed by atoms with Crippen molar-refractivity contribution < 1.29 is 9.18 Å². The first kappa shape index (κ1) is 16.0. The molecule has 1 amide bonds. The summed E-state index contributed by atoms with van der Waals surface area (Å²) in [5.74, 6) is -0.126. The first-order valence-corrected chi connectivity index (χ1v) is 7.84. The standard InChI is InChI=1S/C17H25FN2O/c1-19-12-9-16(21)20-13-17(10-3-2-4-11-17)14-5-7-15(18)8-6-14/h5-8,19H,2-4,9-13H2,1H3,(H,20,21). The highest BCUT2D eigenvalue weighted by atomic mass is 19.1. The Morgan fingerprint density at radius 3 is 2.48 bits per heavy atom. The Hall–Kier alpha value is -1.42. The van der Waals surface area contributed by atoms with Crippen molar-refractivity contribution in [2.45, 2.75) is 43.9 Å². The number of nitrogens with one attached hydrogen (secondary N) is 2. The van der Waals surface area contributed by atoms with E-state index >= 15 is 0 Å². The Morgan fingerprint density at radius 2 is 1.86 bits per heavy atom. The van der Waals surface area contributed by atoms with E-state index in [1.54, 1.807) is 0 Å². The van der Waals surface area contributed by atoms with Crippen LogP contribution in [0, 0.1) is 5.82 Å². The van der Waals surface area contributed by atoms with Crippen LogP contribution in [0.2, 0.25) is 0 Å². The van der Waals surface area contributed by atoms with Gasteiger partial charge in [0.05, 0.1) is 0 Å². The summed E-state index contributed by atoms with van der Waals surface area (Å²) in [6.45, 7) is 1.34. The summed E-state index contributed by atoms with van der Waals surface area (Å²) < 4.78 is 13.2. The molecule has 1 aromatic rings. The zero-order chi connectivity index (χ0) is 15.1. The van der Waals surface area contributed by atoms with Crippen LogP contribution in [-0.2, 0) is 10.2 Å². The average molecular weight is 292 g/mol. The van der Waals surface area contributed by atoms with Gasteiger partial charge in [-0.25, -0.2) is 4.39 Å². The van der Waals surface area contributed by atoms with E-state index in [4.69, 9.17) is 0 Å². The summed E-state index contributed by atoms with van der Waals surface area (Å²) in [5, 5.41) is 6.05. The molecule has 1 aromatic carbocycles. The number of halogens is 1. The maximum atomic E-state index is 13.2. The molecule has 0 saturated heterocycles. The Morgan fingerprint density at radius 1 is 1.19 bits per heavy atom. The fraction of sp³-hybridized carbons (Fsp3) is 0.588. The zero-order valence-corrected chi connectivity index (χ0v) is 12.8. The fourth-order valence-corrected chi connectivity index (χ4v) is 3.19. The van der Waals surface area contributed by atoms with Crippen LogP contribution < -0.4 is 10.6 Å². The number of carbonyl (C=O) groups is 1. The van der Waals surface area contributed by atoms with E-state index in [-0.39, 0.29) is 17.1 Å². The maximum Gasteiger partial charge on any atom is 0.221 e. The van der Waals surface area contributed by atoms with Gasteiger partial charge >= 0.3 is 0 Å². The lowest BCUT2D eigenvalue weighted by molar-refractivity contribution is -0.121. The molecule has 2 N–H and O–H groups in total. The van der Waals surface area contributed by atoms with E-state index in [2.05, 4.69) is 10.6 Å². The van der Waals surface area contributed by atoms with Crippen molar-refractivity contribution in [1.82, 2.24) is 10.6 Å². The van der Waals surface area contributed by atoms with Gasteiger partial charge < -0.3 is 10.6 Å². The average Bonchev–Trinajstić information content (AvgIpc) is 2.52. The van der Waals surface area contributed by atoms with E-state index in [1.807, 2.05) is 19.2 Å². The first-order chi connectivity index (χ1) is 10.2. The van der Waals surface area contributed by atoms with Gasteiger partial charge in [0.15, 0.2) is 0 Å². The molecule has 0 aromatic heterocycles. The lowest BCUT2D eigenvalue weighted by Gasteiger charge is -2.38. The molecule has 0 aliphatic heterocycles. The van der Waals surface area contributed by atoms with Crippen molar-refractivity contribution in [2.24, 2.45) is 0 Å². The minimum Gasteiger partial charge on any atom is -0.355 e. The third-order valence-electron chi connectivity index (χ3n) is 4.49. The summed E-state index contributed by atoms with van der Waals surface area (Å²) in [6.07, 6.45) is 6.20. The molecule has 0 unspecified atom stereocenters. The summed E-state index contributed by atoms with van der Waals surface area (Å²) in [6, 6.07) is 6.80. The molecule has 0 spiro atoms. The van der Waals surface area contributed by atoms with E-state index < -0.39 is 0 Å². The quantitative estimate of drug-likeness (QED) is 0.846. The summed E-state index contributed by atoms with van der Waals surface area (Å²) in [7, 11) is 1.84. The Kier molecular flexibility index (Phi) is 5.74. The minimum absolute atomic E-state index is 0.0265. The van der Waals surface area contributed by atoms with E-state index in [9.17, 15) is 9.18 Å². The molecule has 1 aliphatic carbocycles. The fourth-order valence-electron chi connectivity index (χ4n) is 3.19. The number of hydrogen-bond acceptors (Lipinski definition) is 2. The predicted molar refractivity (Wildman–Crippen MR) is 82.7 cm³/mol. The van der Waals surface area contributed by atoms with Crippen molar-refractivity contribution in [3.05, 3.63) is 35.6 Å². The first-order valence-electron chi connectivity index (χ1n) is 7.84. The Bertz CT molecular complexity index is 452. The van der Waals surface area contributed by atoms with Crippen LogP contribution in [0.15, 0.2) is 24.3 Å². The molecular formula is C17H25FN2O. The molecule has 1 saturated carbocycles. The number of carbonyl (C=O) groups excluding carboxylic acids is 1. The molecule has 1 aliphatic rings. The second-order valence-electron chi connectivity index (χ2n) is 5.98. The summed E-state index contributed by atoms with van der Waals surface area (Å²) >= 11 is 0. The SMILES string of the molecule is CNCCC(=O)NCC1(c2ccc(F)cc2)CCCCC1. The van der Waals surface area contributed by atoms with Gasteiger partial charge in [-0.3, -0.25) is 4.79 Å². The topological polar surface area (TPSA) is 41.1 Å². The maximum absolute atomic E-state index is 13.2. The second-order valence-corrected chi connectivity index (χ2v) is 5.98. The second kappa shape index (κ2) is 7.55. The highest BCUT2D eigenvalue weighted by Gasteiger charge is 2.34. The molecule has 0 heterocycles. The van der Waals surface area contributed by atoms with Gasteiger partial charge in [-0.1, -0.05) is 31.4 Å². The lowest BCUT2D eigenvalue weighted by atomic mass is 9.69. The van der Waals surface area contributed by atoms with Crippen LogP contribution in [0.3, 0.4) is 0 Å². The van der Waals surface area contributed by atoms with Gasteiger partial charge in [0.2, 0.25) is 5.91 Å². The van der Waals surface area contributed by atoms with E-state index in [0.717, 1.165) is 18.4 Å². The molecule has 2 rings (SSSR count). The van der Waals surface area contributed by atoms with E-state index in [1.165, 1.54) is 31.4 Å². The molecule has 0 radical (unpaired) electrons. The molecular weight excluding hydrogens is 267 g/mol. The normalized spacial score (nSPS) is 17.4. The highest BCUT2D eigenvalue weighted by molar-refractivity contribution is 5.76. The van der Waals surface area contributed by atoms with Crippen LogP contribution >= 0.6 is 0 Å². The van der Waals surface area contributed by atoms with Crippen LogP contribution in [0.25, 0.3) is 0 Å². The third-order valence-corrected chi connectivity index (χ3v) is 4.49. The number of amides is 1. The Labute approximate surface area is 126 Å². The van der Waals surface area contributed by atoms with Crippen LogP contribution in [0.1, 0.15) is 44.1 Å². The van der Waals surface area contributed by atoms with Crippen LogP contribution in [-0.4, -0.2) is 26.0 Å². The summed E-state index contributed by atoms with van der Waals surface area (Å²) in [5.41, 5.74) is 1.12. The van der Waals surface area contributed by atoms with Gasteiger partial charge in [0.25, 0.3) is 0 Å². The van der Waals surface area contributed by atoms with Gasteiger partial charge in [0, 0.05) is 24.9 Å². The highest BCUT2D eigenvalue weighted by Crippen LogP contribution is 2.39. The molecule has 0 bridgehead atoms. The molecule has 0 atom stereocenters. The molecule has 1 fully saturated rings. The van der Waals surface area contributed by atoms with Crippen molar-refractivity contribution >= 4 is 5.91 Å². The van der Waals surface area contributed by atoms with Crippen molar-refractivity contribution in [3.63, 3.8) is 0 Å². The largest absolute Gasteiger partial charge is 0.355 e. The smallest absolute Gasteiger partial charge is 0.221 e. The van der Waals surface area contributed by atoms with Crippen molar-refractivity contribution in [1.29, 1.82) is 0 Å². The van der Waals surface area contributed by atoms with Crippen molar-refractivity contribution in [3.8, 4) is 0 Å². The van der Waals surface area contributed by atoms with Gasteiger partial charge in [-0.05, 0) is 37.6 Å². The monoisotopic (exact) mass is 292 g/mol. The predicted octanol–water partition coefficient (Wildman–Crippen LogP) is 2.75. The zero-order valence-electron chi connectivity index (χ0n) is 12.8. The molecule has 21 heavy (non-hydrogen) atoms.